The van der Waals surface area contributed by atoms with Gasteiger partial charge in [-0.05, 0) is 18.2 Å². The van der Waals surface area contributed by atoms with E-state index >= 15 is 0 Å². The van der Waals surface area contributed by atoms with Crippen LogP contribution in [0.2, 0.25) is 10.0 Å². The van der Waals surface area contributed by atoms with E-state index in [2.05, 4.69) is 20.3 Å². The van der Waals surface area contributed by atoms with Crippen LogP contribution in [0, 0.1) is 0 Å². The third-order valence-corrected chi connectivity index (χ3v) is 4.40. The Hall–Kier alpha value is -3.11. The van der Waals surface area contributed by atoms with Crippen LogP contribution in [0.1, 0.15) is 16.2 Å². The number of phenols is 1. The molecule has 0 bridgehead atoms. The number of pyridine rings is 1. The summed E-state index contributed by atoms with van der Waals surface area (Å²) in [5.41, 5.74) is -0.634. The fourth-order valence-electron chi connectivity index (χ4n) is 2.45. The largest absolute Gasteiger partial charge is 0.504 e. The van der Waals surface area contributed by atoms with Crippen molar-refractivity contribution >= 4 is 34.8 Å². The monoisotopic (exact) mass is 458 g/mol. The Kier molecular flexibility index (Phi) is 5.99. The van der Waals surface area contributed by atoms with Gasteiger partial charge in [0.25, 0.3) is 5.91 Å². The van der Waals surface area contributed by atoms with Crippen LogP contribution in [-0.4, -0.2) is 33.1 Å². The first-order valence-electron chi connectivity index (χ1n) is 8.03. The number of aromatic hydroxyl groups is 1. The second-order valence-electron chi connectivity index (χ2n) is 5.77. The van der Waals surface area contributed by atoms with Gasteiger partial charge in [-0.2, -0.15) is 13.2 Å². The van der Waals surface area contributed by atoms with E-state index in [9.17, 15) is 23.1 Å². The van der Waals surface area contributed by atoms with Gasteiger partial charge in [-0.25, -0.2) is 9.97 Å². The van der Waals surface area contributed by atoms with Crippen molar-refractivity contribution in [3.8, 4) is 22.8 Å². The van der Waals surface area contributed by atoms with Crippen molar-refractivity contribution in [2.75, 3.05) is 12.4 Å². The van der Waals surface area contributed by atoms with Gasteiger partial charge in [-0.15, -0.1) is 0 Å². The van der Waals surface area contributed by atoms with Gasteiger partial charge in [-0.1, -0.05) is 23.2 Å². The molecule has 0 spiro atoms. The zero-order valence-corrected chi connectivity index (χ0v) is 16.5. The smallest absolute Gasteiger partial charge is 0.451 e. The summed E-state index contributed by atoms with van der Waals surface area (Å²) in [6.45, 7) is 0. The van der Waals surface area contributed by atoms with Crippen LogP contribution in [-0.2, 0) is 6.18 Å². The number of halogens is 5. The van der Waals surface area contributed by atoms with Crippen molar-refractivity contribution < 1.29 is 27.8 Å². The second kappa shape index (κ2) is 8.33. The standard InChI is InChI=1S/C18H11Cl2F3N4O3/c1-30-13-3-2-8(4-12(13)28)14-9(5-25-17(27-14)18(21,22)23)16(29)26-15-10(19)6-24-7-11(15)20/h2-7,28H,1H3,(H,24,26,29). The number of phenolic OH excluding ortho intramolecular Hbond substituents is 1. The summed E-state index contributed by atoms with van der Waals surface area (Å²) in [5, 5.41) is 12.4. The normalized spacial score (nSPS) is 11.3. The first kappa shape index (κ1) is 21.6. The number of benzene rings is 1. The molecule has 0 saturated heterocycles. The molecule has 2 heterocycles. The summed E-state index contributed by atoms with van der Waals surface area (Å²) in [7, 11) is 1.31. The highest BCUT2D eigenvalue weighted by Gasteiger charge is 2.36. The molecule has 0 atom stereocenters. The van der Waals surface area contributed by atoms with Crippen molar-refractivity contribution in [3.63, 3.8) is 0 Å². The van der Waals surface area contributed by atoms with Crippen LogP contribution in [0.5, 0.6) is 11.5 Å². The molecule has 0 saturated carbocycles. The Morgan fingerprint density at radius 2 is 1.83 bits per heavy atom. The lowest BCUT2D eigenvalue weighted by molar-refractivity contribution is -0.144. The minimum Gasteiger partial charge on any atom is -0.504 e. The van der Waals surface area contributed by atoms with Crippen LogP contribution in [0.3, 0.4) is 0 Å². The molecule has 0 aliphatic rings. The number of anilines is 1. The maximum atomic E-state index is 13.1. The summed E-state index contributed by atoms with van der Waals surface area (Å²) in [4.78, 5) is 23.3. The van der Waals surface area contributed by atoms with E-state index in [4.69, 9.17) is 27.9 Å². The van der Waals surface area contributed by atoms with E-state index < -0.39 is 17.9 Å². The van der Waals surface area contributed by atoms with Crippen molar-refractivity contribution in [2.24, 2.45) is 0 Å². The molecule has 2 aromatic heterocycles. The first-order valence-corrected chi connectivity index (χ1v) is 8.79. The van der Waals surface area contributed by atoms with Crippen molar-refractivity contribution in [1.29, 1.82) is 0 Å². The molecule has 0 unspecified atom stereocenters. The van der Waals surface area contributed by atoms with Gasteiger partial charge >= 0.3 is 6.18 Å². The highest BCUT2D eigenvalue weighted by atomic mass is 35.5. The average molecular weight is 459 g/mol. The first-order chi connectivity index (χ1) is 14.1. The molecule has 0 fully saturated rings. The Morgan fingerprint density at radius 3 is 2.40 bits per heavy atom. The van der Waals surface area contributed by atoms with Crippen LogP contribution in [0.4, 0.5) is 18.9 Å². The summed E-state index contributed by atoms with van der Waals surface area (Å²) in [5.74, 6) is -2.59. The molecule has 7 nitrogen and oxygen atoms in total. The van der Waals surface area contributed by atoms with Crippen molar-refractivity contribution in [2.45, 2.75) is 6.18 Å². The zero-order valence-electron chi connectivity index (χ0n) is 15.0. The molecular formula is C18H11Cl2F3N4O3. The lowest BCUT2D eigenvalue weighted by Gasteiger charge is -2.14. The van der Waals surface area contributed by atoms with Crippen molar-refractivity contribution in [3.05, 3.63) is 58.2 Å². The Bertz CT molecular complexity index is 1110. The van der Waals surface area contributed by atoms with Crippen molar-refractivity contribution in [1.82, 2.24) is 15.0 Å². The third kappa shape index (κ3) is 4.39. The number of nitrogens with one attached hydrogen (secondary N) is 1. The maximum Gasteiger partial charge on any atom is 0.451 e. The van der Waals surface area contributed by atoms with Crippen LogP contribution < -0.4 is 10.1 Å². The van der Waals surface area contributed by atoms with E-state index in [1.165, 1.54) is 31.6 Å². The number of rotatable bonds is 4. The lowest BCUT2D eigenvalue weighted by atomic mass is 10.1. The number of amides is 1. The Balaban J connectivity index is 2.12. The number of methoxy groups -OCH3 is 1. The number of hydrogen-bond donors (Lipinski definition) is 2. The lowest BCUT2D eigenvalue weighted by Crippen LogP contribution is -2.18. The number of nitrogens with zero attached hydrogens (tertiary/aromatic N) is 3. The molecule has 0 aliphatic carbocycles. The van der Waals surface area contributed by atoms with E-state index in [1.54, 1.807) is 0 Å². The maximum absolute atomic E-state index is 13.1. The predicted octanol–water partition coefficient (Wildman–Crippen LogP) is 4.83. The van der Waals surface area contributed by atoms with Crippen LogP contribution in [0.15, 0.2) is 36.8 Å². The number of carbonyl (C=O) groups excluding carboxylic acids is 1. The molecule has 1 aromatic carbocycles. The van der Waals surface area contributed by atoms with Gasteiger partial charge < -0.3 is 15.2 Å². The molecule has 30 heavy (non-hydrogen) atoms. The average Bonchev–Trinajstić information content (AvgIpc) is 2.69. The fraction of sp³-hybridized carbons (Fsp3) is 0.111. The number of carbonyl (C=O) groups is 1. The molecular weight excluding hydrogens is 448 g/mol. The quantitative estimate of drug-likeness (QED) is 0.580. The van der Waals surface area contributed by atoms with Gasteiger partial charge in [0, 0.05) is 24.2 Å². The number of hydrogen-bond acceptors (Lipinski definition) is 6. The molecule has 2 N–H and O–H groups in total. The summed E-state index contributed by atoms with van der Waals surface area (Å²) >= 11 is 11.9. The van der Waals surface area contributed by atoms with Gasteiger partial charge in [0.05, 0.1) is 34.1 Å². The zero-order chi connectivity index (χ0) is 22.1. The summed E-state index contributed by atoms with van der Waals surface area (Å²) < 4.78 is 44.3. The molecule has 0 aliphatic heterocycles. The molecule has 3 rings (SSSR count). The van der Waals surface area contributed by atoms with Gasteiger partial charge in [0.1, 0.15) is 0 Å². The van der Waals surface area contributed by atoms with E-state index in [1.807, 2.05) is 0 Å². The molecule has 1 amide bonds. The molecule has 3 aromatic rings. The Morgan fingerprint density at radius 1 is 1.17 bits per heavy atom. The summed E-state index contributed by atoms with van der Waals surface area (Å²) in [6, 6.07) is 3.77. The van der Waals surface area contributed by atoms with E-state index in [0.717, 1.165) is 12.3 Å². The van der Waals surface area contributed by atoms with Crippen LogP contribution >= 0.6 is 23.2 Å². The van der Waals surface area contributed by atoms with E-state index in [-0.39, 0.29) is 44.1 Å². The topological polar surface area (TPSA) is 97.2 Å². The van der Waals surface area contributed by atoms with Gasteiger partial charge in [0.2, 0.25) is 5.82 Å². The second-order valence-corrected chi connectivity index (χ2v) is 6.59. The van der Waals surface area contributed by atoms with Gasteiger partial charge in [-0.3, -0.25) is 9.78 Å². The number of aromatic nitrogens is 3. The fourth-order valence-corrected chi connectivity index (χ4v) is 2.91. The molecule has 156 valence electrons. The third-order valence-electron chi connectivity index (χ3n) is 3.83. The van der Waals surface area contributed by atoms with E-state index in [0.29, 0.717) is 0 Å². The minimum absolute atomic E-state index is 0.0155. The minimum atomic E-state index is -4.85. The number of alkyl halides is 3. The highest BCUT2D eigenvalue weighted by molar-refractivity contribution is 6.39. The van der Waals surface area contributed by atoms with Gasteiger partial charge in [0.15, 0.2) is 11.5 Å². The Labute approximate surface area is 177 Å². The SMILES string of the molecule is COc1ccc(-c2nc(C(F)(F)F)ncc2C(=O)Nc2c(Cl)cncc2Cl)cc1O. The predicted molar refractivity (Wildman–Crippen MR) is 103 cm³/mol. The molecule has 0 radical (unpaired) electrons. The van der Waals surface area contributed by atoms with Crippen LogP contribution in [0.25, 0.3) is 11.3 Å². The molecule has 12 heteroatoms. The number of ether oxygens (including phenoxy) is 1. The summed E-state index contributed by atoms with van der Waals surface area (Å²) in [6.07, 6.45) is -1.66. The highest BCUT2D eigenvalue weighted by Crippen LogP contribution is 2.35.